The fourth-order valence-electron chi connectivity index (χ4n) is 1.96. The summed E-state index contributed by atoms with van der Waals surface area (Å²) in [5, 5.41) is 13.2. The molecule has 2 aromatic carbocycles. The summed E-state index contributed by atoms with van der Waals surface area (Å²) in [6.45, 7) is 1.60. The van der Waals surface area contributed by atoms with Gasteiger partial charge in [-0.2, -0.15) is 0 Å². The van der Waals surface area contributed by atoms with Crippen molar-refractivity contribution in [3.8, 4) is 5.75 Å². The Kier molecular flexibility index (Phi) is 6.60. The zero-order chi connectivity index (χ0) is 17.7. The van der Waals surface area contributed by atoms with Gasteiger partial charge >= 0.3 is 0 Å². The monoisotopic (exact) mass is 415 g/mol. The topological polar surface area (TPSA) is 58.6 Å². The van der Waals surface area contributed by atoms with E-state index >= 15 is 0 Å². The summed E-state index contributed by atoms with van der Waals surface area (Å²) >= 11 is 9.16. The molecule has 0 unspecified atom stereocenters. The van der Waals surface area contributed by atoms with Gasteiger partial charge in [0.1, 0.15) is 11.6 Å². The quantitative estimate of drug-likeness (QED) is 0.752. The van der Waals surface area contributed by atoms with Gasteiger partial charge in [0.25, 0.3) is 5.91 Å². The molecule has 0 fully saturated rings. The Balaban J connectivity index is 1.88. The maximum atomic E-state index is 12.9. The second-order valence-corrected chi connectivity index (χ2v) is 6.44. The van der Waals surface area contributed by atoms with Crippen LogP contribution in [0, 0.1) is 5.82 Å². The van der Waals surface area contributed by atoms with E-state index in [0.717, 1.165) is 0 Å². The molecule has 0 saturated carbocycles. The number of rotatable bonds is 6. The summed E-state index contributed by atoms with van der Waals surface area (Å²) in [5.41, 5.74) is 0.519. The number of carbonyl (C=O) groups is 1. The van der Waals surface area contributed by atoms with Gasteiger partial charge in [0.2, 0.25) is 0 Å². The van der Waals surface area contributed by atoms with E-state index in [2.05, 4.69) is 21.2 Å². The molecule has 0 aromatic heterocycles. The molecule has 2 aromatic rings. The van der Waals surface area contributed by atoms with Crippen LogP contribution in [0.1, 0.15) is 18.6 Å². The lowest BCUT2D eigenvalue weighted by molar-refractivity contribution is -0.127. The van der Waals surface area contributed by atoms with Crippen molar-refractivity contribution in [2.75, 3.05) is 6.54 Å². The molecule has 1 amide bonds. The first-order valence-corrected chi connectivity index (χ1v) is 8.37. The van der Waals surface area contributed by atoms with E-state index in [4.69, 9.17) is 16.3 Å². The first-order valence-electron chi connectivity index (χ1n) is 7.19. The Hall–Kier alpha value is -1.63. The Bertz CT molecular complexity index is 711. The second kappa shape index (κ2) is 8.46. The van der Waals surface area contributed by atoms with Gasteiger partial charge in [-0.15, -0.1) is 0 Å². The van der Waals surface area contributed by atoms with Crippen molar-refractivity contribution in [1.82, 2.24) is 5.32 Å². The molecule has 0 aliphatic carbocycles. The number of amides is 1. The molecule has 2 atom stereocenters. The predicted octanol–water partition coefficient (Wildman–Crippen LogP) is 3.86. The molecule has 7 heteroatoms. The highest BCUT2D eigenvalue weighted by Crippen LogP contribution is 2.28. The molecule has 0 aliphatic rings. The highest BCUT2D eigenvalue weighted by Gasteiger charge is 2.17. The molecule has 0 spiro atoms. The van der Waals surface area contributed by atoms with Crippen LogP contribution in [0.15, 0.2) is 46.9 Å². The Morgan fingerprint density at radius 1 is 1.33 bits per heavy atom. The van der Waals surface area contributed by atoms with Crippen molar-refractivity contribution in [1.29, 1.82) is 0 Å². The Labute approximate surface area is 152 Å². The van der Waals surface area contributed by atoms with Crippen molar-refractivity contribution in [2.45, 2.75) is 19.1 Å². The van der Waals surface area contributed by atoms with Crippen molar-refractivity contribution < 1.29 is 19.0 Å². The number of aliphatic hydroxyl groups is 1. The Morgan fingerprint density at radius 2 is 2.00 bits per heavy atom. The predicted molar refractivity (Wildman–Crippen MR) is 93.6 cm³/mol. The number of benzene rings is 2. The summed E-state index contributed by atoms with van der Waals surface area (Å²) in [6.07, 6.45) is -1.69. The number of nitrogens with one attached hydrogen (secondary N) is 1. The maximum absolute atomic E-state index is 12.9. The lowest BCUT2D eigenvalue weighted by Crippen LogP contribution is -2.38. The van der Waals surface area contributed by atoms with Crippen LogP contribution in [0.25, 0.3) is 0 Å². The average molecular weight is 417 g/mol. The van der Waals surface area contributed by atoms with Gasteiger partial charge in [-0.3, -0.25) is 4.79 Å². The second-order valence-electron chi connectivity index (χ2n) is 5.15. The summed E-state index contributed by atoms with van der Waals surface area (Å²) in [4.78, 5) is 12.1. The van der Waals surface area contributed by atoms with Crippen LogP contribution < -0.4 is 10.1 Å². The third-order valence-corrected chi connectivity index (χ3v) is 4.15. The standard InChI is InChI=1S/C17H16BrClFNO3/c1-10(24-16-7-4-12(19)8-14(16)18)17(23)21-9-15(22)11-2-5-13(20)6-3-11/h2-8,10,15,22H,9H2,1H3,(H,21,23)/t10-,15+/m1/s1. The highest BCUT2D eigenvalue weighted by molar-refractivity contribution is 9.10. The molecule has 2 rings (SSSR count). The minimum Gasteiger partial charge on any atom is -0.480 e. The van der Waals surface area contributed by atoms with E-state index in [1.807, 2.05) is 0 Å². The molecular weight excluding hydrogens is 401 g/mol. The fraction of sp³-hybridized carbons (Fsp3) is 0.235. The largest absolute Gasteiger partial charge is 0.480 e. The number of halogens is 3. The summed E-state index contributed by atoms with van der Waals surface area (Å²) < 4.78 is 19.1. The van der Waals surface area contributed by atoms with Gasteiger partial charge in [-0.25, -0.2) is 4.39 Å². The number of carbonyl (C=O) groups excluding carboxylic acids is 1. The molecular formula is C17H16BrClFNO3. The number of hydrogen-bond donors (Lipinski definition) is 2. The van der Waals surface area contributed by atoms with Gasteiger partial charge in [-0.1, -0.05) is 23.7 Å². The normalized spacial score (nSPS) is 13.2. The van der Waals surface area contributed by atoms with Crippen molar-refractivity contribution in [2.24, 2.45) is 0 Å². The number of hydrogen-bond acceptors (Lipinski definition) is 3. The van der Waals surface area contributed by atoms with Crippen LogP contribution in [-0.2, 0) is 4.79 Å². The van der Waals surface area contributed by atoms with Crippen LogP contribution in [-0.4, -0.2) is 23.7 Å². The van der Waals surface area contributed by atoms with Crippen molar-refractivity contribution >= 4 is 33.4 Å². The van der Waals surface area contributed by atoms with E-state index < -0.39 is 12.2 Å². The van der Waals surface area contributed by atoms with Crippen LogP contribution in [0.5, 0.6) is 5.75 Å². The average Bonchev–Trinajstić information content (AvgIpc) is 2.55. The van der Waals surface area contributed by atoms with Crippen molar-refractivity contribution in [3.63, 3.8) is 0 Å². The lowest BCUT2D eigenvalue weighted by Gasteiger charge is -2.17. The van der Waals surface area contributed by atoms with Crippen LogP contribution in [0.3, 0.4) is 0 Å². The third kappa shape index (κ3) is 5.19. The van der Waals surface area contributed by atoms with E-state index in [1.165, 1.54) is 24.3 Å². The summed E-state index contributed by atoms with van der Waals surface area (Å²) in [5.74, 6) is -0.273. The first-order chi connectivity index (χ1) is 11.4. The number of ether oxygens (including phenoxy) is 1. The van der Waals surface area contributed by atoms with E-state index in [-0.39, 0.29) is 18.3 Å². The minimum atomic E-state index is -0.927. The summed E-state index contributed by atoms with van der Waals surface area (Å²) in [7, 11) is 0. The van der Waals surface area contributed by atoms with Crippen LogP contribution in [0.2, 0.25) is 5.02 Å². The smallest absolute Gasteiger partial charge is 0.260 e. The fourth-order valence-corrected chi connectivity index (χ4v) is 2.73. The highest BCUT2D eigenvalue weighted by atomic mass is 79.9. The summed E-state index contributed by atoms with van der Waals surface area (Å²) in [6, 6.07) is 10.4. The SMILES string of the molecule is C[C@@H](Oc1ccc(Cl)cc1Br)C(=O)NC[C@H](O)c1ccc(F)cc1. The van der Waals surface area contributed by atoms with E-state index in [0.29, 0.717) is 20.8 Å². The molecule has 0 bridgehead atoms. The lowest BCUT2D eigenvalue weighted by atomic mass is 10.1. The van der Waals surface area contributed by atoms with Gasteiger partial charge in [0, 0.05) is 11.6 Å². The first kappa shape index (κ1) is 18.7. The third-order valence-electron chi connectivity index (χ3n) is 3.29. The van der Waals surface area contributed by atoms with E-state index in [1.54, 1.807) is 25.1 Å². The van der Waals surface area contributed by atoms with Gasteiger partial charge in [-0.05, 0) is 58.7 Å². The minimum absolute atomic E-state index is 0.0000464. The molecule has 0 aliphatic heterocycles. The Morgan fingerprint density at radius 3 is 2.62 bits per heavy atom. The molecule has 0 heterocycles. The molecule has 2 N–H and O–H groups in total. The molecule has 0 radical (unpaired) electrons. The van der Waals surface area contributed by atoms with E-state index in [9.17, 15) is 14.3 Å². The molecule has 0 saturated heterocycles. The van der Waals surface area contributed by atoms with Gasteiger partial charge in [0.15, 0.2) is 6.10 Å². The van der Waals surface area contributed by atoms with Gasteiger partial charge < -0.3 is 15.2 Å². The van der Waals surface area contributed by atoms with Crippen LogP contribution in [0.4, 0.5) is 4.39 Å². The van der Waals surface area contributed by atoms with Crippen molar-refractivity contribution in [3.05, 3.63) is 63.3 Å². The zero-order valence-corrected chi connectivity index (χ0v) is 15.1. The van der Waals surface area contributed by atoms with Crippen LogP contribution >= 0.6 is 27.5 Å². The maximum Gasteiger partial charge on any atom is 0.260 e. The number of aliphatic hydroxyl groups excluding tert-OH is 1. The molecule has 4 nitrogen and oxygen atoms in total. The molecule has 128 valence electrons. The molecule has 24 heavy (non-hydrogen) atoms. The van der Waals surface area contributed by atoms with Gasteiger partial charge in [0.05, 0.1) is 10.6 Å². The zero-order valence-electron chi connectivity index (χ0n) is 12.8.